The number of fused-ring (bicyclic) bond motifs is 2. The maximum Gasteiger partial charge on any atom is 0.232 e. The fraction of sp³-hybridized carbons (Fsp3) is 0.333. The third-order valence-corrected chi connectivity index (χ3v) is 5.00. The molecule has 0 aliphatic carbocycles. The Morgan fingerprint density at radius 3 is 2.35 bits per heavy atom. The molecule has 5 heteroatoms. The summed E-state index contributed by atoms with van der Waals surface area (Å²) in [5.74, 6) is 1.13. The second-order valence-corrected chi connectivity index (χ2v) is 6.96. The van der Waals surface area contributed by atoms with Crippen LogP contribution in [0.2, 0.25) is 0 Å². The number of ether oxygens (including phenoxy) is 1. The van der Waals surface area contributed by atoms with Crippen LogP contribution in [0.1, 0.15) is 36.8 Å². The van der Waals surface area contributed by atoms with Crippen LogP contribution < -0.4 is 10.1 Å². The van der Waals surface area contributed by atoms with Crippen LogP contribution in [0.25, 0.3) is 0 Å². The van der Waals surface area contributed by atoms with Gasteiger partial charge in [-0.1, -0.05) is 36.4 Å². The normalized spacial score (nSPS) is 17.3. The van der Waals surface area contributed by atoms with Gasteiger partial charge in [-0.15, -0.1) is 0 Å². The van der Waals surface area contributed by atoms with Gasteiger partial charge in [-0.25, -0.2) is 0 Å². The molecule has 2 heterocycles. The minimum atomic E-state index is -0.409. The fourth-order valence-corrected chi connectivity index (χ4v) is 3.79. The summed E-state index contributed by atoms with van der Waals surface area (Å²) in [5.41, 5.74) is 1.74. The second kappa shape index (κ2) is 6.83. The Morgan fingerprint density at radius 2 is 1.77 bits per heavy atom. The van der Waals surface area contributed by atoms with Gasteiger partial charge in [0.25, 0.3) is 0 Å². The van der Waals surface area contributed by atoms with E-state index in [4.69, 9.17) is 4.74 Å². The molecule has 5 nitrogen and oxygen atoms in total. The third-order valence-electron chi connectivity index (χ3n) is 5.00. The molecule has 26 heavy (non-hydrogen) atoms. The SMILES string of the molecule is C[C@@H](CN1CCCC1=O)NC(=O)C1c2ccccc2Oc2ccccc21. The number of para-hydroxylation sites is 2. The minimum Gasteiger partial charge on any atom is -0.457 e. The molecule has 2 aliphatic rings. The summed E-state index contributed by atoms with van der Waals surface area (Å²) in [4.78, 5) is 26.8. The van der Waals surface area contributed by atoms with E-state index in [1.807, 2.05) is 60.4 Å². The number of hydrogen-bond donors (Lipinski definition) is 1. The lowest BCUT2D eigenvalue weighted by Gasteiger charge is -2.29. The predicted molar refractivity (Wildman–Crippen MR) is 98.2 cm³/mol. The van der Waals surface area contributed by atoms with E-state index in [-0.39, 0.29) is 17.9 Å². The Labute approximate surface area is 153 Å². The first-order chi connectivity index (χ1) is 12.6. The van der Waals surface area contributed by atoms with Crippen LogP contribution in [0.4, 0.5) is 0 Å². The zero-order valence-corrected chi connectivity index (χ0v) is 14.8. The van der Waals surface area contributed by atoms with Crippen molar-refractivity contribution in [3.8, 4) is 11.5 Å². The van der Waals surface area contributed by atoms with Crippen molar-refractivity contribution < 1.29 is 14.3 Å². The van der Waals surface area contributed by atoms with Gasteiger partial charge in [0.05, 0.1) is 5.92 Å². The number of nitrogens with zero attached hydrogens (tertiary/aromatic N) is 1. The molecule has 0 bridgehead atoms. The van der Waals surface area contributed by atoms with Crippen LogP contribution in [-0.4, -0.2) is 35.8 Å². The number of carbonyl (C=O) groups is 2. The van der Waals surface area contributed by atoms with Gasteiger partial charge in [-0.2, -0.15) is 0 Å². The second-order valence-electron chi connectivity index (χ2n) is 6.96. The zero-order chi connectivity index (χ0) is 18.1. The number of likely N-dealkylation sites (tertiary alicyclic amines) is 1. The number of amides is 2. The van der Waals surface area contributed by atoms with Crippen LogP contribution in [0.5, 0.6) is 11.5 Å². The summed E-state index contributed by atoms with van der Waals surface area (Å²) in [6.45, 7) is 3.28. The first kappa shape index (κ1) is 16.6. The van der Waals surface area contributed by atoms with Gasteiger partial charge in [0, 0.05) is 36.7 Å². The maximum absolute atomic E-state index is 13.1. The highest BCUT2D eigenvalue weighted by Gasteiger charge is 2.33. The van der Waals surface area contributed by atoms with Crippen LogP contribution in [0.15, 0.2) is 48.5 Å². The molecule has 0 spiro atoms. The van der Waals surface area contributed by atoms with Gasteiger partial charge in [0.15, 0.2) is 0 Å². The van der Waals surface area contributed by atoms with Crippen molar-refractivity contribution in [1.82, 2.24) is 10.2 Å². The first-order valence-corrected chi connectivity index (χ1v) is 9.07. The first-order valence-electron chi connectivity index (χ1n) is 9.07. The summed E-state index contributed by atoms with van der Waals surface area (Å²) in [6, 6.07) is 15.2. The number of rotatable bonds is 4. The fourth-order valence-electron chi connectivity index (χ4n) is 3.79. The monoisotopic (exact) mass is 350 g/mol. The van der Waals surface area contributed by atoms with Crippen LogP contribution in [0, 0.1) is 0 Å². The third kappa shape index (κ3) is 3.05. The summed E-state index contributed by atoms with van der Waals surface area (Å²) in [6.07, 6.45) is 1.52. The summed E-state index contributed by atoms with van der Waals surface area (Å²) in [7, 11) is 0. The molecule has 1 atom stereocenters. The van der Waals surface area contributed by atoms with Gasteiger partial charge < -0.3 is 15.0 Å². The van der Waals surface area contributed by atoms with E-state index in [1.54, 1.807) is 0 Å². The smallest absolute Gasteiger partial charge is 0.232 e. The molecular weight excluding hydrogens is 328 g/mol. The predicted octanol–water partition coefficient (Wildman–Crippen LogP) is 3.05. The lowest BCUT2D eigenvalue weighted by molar-refractivity contribution is -0.129. The molecule has 1 N–H and O–H groups in total. The van der Waals surface area contributed by atoms with Crippen LogP contribution in [-0.2, 0) is 9.59 Å². The molecule has 0 unspecified atom stereocenters. The molecule has 1 saturated heterocycles. The standard InChI is InChI=1S/C21H22N2O3/c1-14(13-23-12-6-11-19(23)24)22-21(25)20-15-7-2-4-9-17(15)26-18-10-5-3-8-16(18)20/h2-5,7-10,14,20H,6,11-13H2,1H3,(H,22,25)/t14-/m0/s1. The maximum atomic E-state index is 13.1. The molecule has 2 amide bonds. The molecule has 0 saturated carbocycles. The van der Waals surface area contributed by atoms with Crippen molar-refractivity contribution in [3.63, 3.8) is 0 Å². The largest absolute Gasteiger partial charge is 0.457 e. The molecule has 2 aromatic rings. The van der Waals surface area contributed by atoms with Crippen molar-refractivity contribution in [2.45, 2.75) is 31.7 Å². The molecule has 2 aromatic carbocycles. The van der Waals surface area contributed by atoms with Crippen LogP contribution >= 0.6 is 0 Å². The lowest BCUT2D eigenvalue weighted by atomic mass is 9.87. The Balaban J connectivity index is 1.56. The highest BCUT2D eigenvalue weighted by Crippen LogP contribution is 2.43. The Kier molecular flexibility index (Phi) is 4.37. The van der Waals surface area contributed by atoms with E-state index in [9.17, 15) is 9.59 Å². The number of benzene rings is 2. The molecule has 0 radical (unpaired) electrons. The number of nitrogens with one attached hydrogen (secondary N) is 1. The highest BCUT2D eigenvalue weighted by atomic mass is 16.5. The molecule has 0 aromatic heterocycles. The minimum absolute atomic E-state index is 0.0626. The van der Waals surface area contributed by atoms with E-state index in [1.165, 1.54) is 0 Å². The highest BCUT2D eigenvalue weighted by molar-refractivity contribution is 5.90. The van der Waals surface area contributed by atoms with Crippen molar-refractivity contribution in [3.05, 3.63) is 59.7 Å². The van der Waals surface area contributed by atoms with Crippen molar-refractivity contribution >= 4 is 11.8 Å². The van der Waals surface area contributed by atoms with Gasteiger partial charge in [-0.05, 0) is 25.5 Å². The Hall–Kier alpha value is -2.82. The summed E-state index contributed by atoms with van der Waals surface area (Å²) in [5, 5.41) is 3.09. The zero-order valence-electron chi connectivity index (χ0n) is 14.8. The van der Waals surface area contributed by atoms with E-state index >= 15 is 0 Å². The number of hydrogen-bond acceptors (Lipinski definition) is 3. The van der Waals surface area contributed by atoms with Crippen molar-refractivity contribution in [1.29, 1.82) is 0 Å². The quantitative estimate of drug-likeness (QED) is 0.922. The van der Waals surface area contributed by atoms with Gasteiger partial charge in [0.1, 0.15) is 11.5 Å². The van der Waals surface area contributed by atoms with Crippen LogP contribution in [0.3, 0.4) is 0 Å². The number of carbonyl (C=O) groups excluding carboxylic acids is 2. The van der Waals surface area contributed by atoms with Crippen molar-refractivity contribution in [2.75, 3.05) is 13.1 Å². The van der Waals surface area contributed by atoms with Gasteiger partial charge in [0.2, 0.25) is 11.8 Å². The van der Waals surface area contributed by atoms with Crippen molar-refractivity contribution in [2.24, 2.45) is 0 Å². The van der Waals surface area contributed by atoms with E-state index in [0.717, 1.165) is 24.1 Å². The van der Waals surface area contributed by atoms with E-state index in [2.05, 4.69) is 5.32 Å². The summed E-state index contributed by atoms with van der Waals surface area (Å²) >= 11 is 0. The van der Waals surface area contributed by atoms with E-state index in [0.29, 0.717) is 24.5 Å². The molecule has 2 aliphatic heterocycles. The molecule has 134 valence electrons. The van der Waals surface area contributed by atoms with E-state index < -0.39 is 5.92 Å². The average molecular weight is 350 g/mol. The summed E-state index contributed by atoms with van der Waals surface area (Å²) < 4.78 is 5.95. The topological polar surface area (TPSA) is 58.6 Å². The lowest BCUT2D eigenvalue weighted by Crippen LogP contribution is -2.44. The Bertz CT molecular complexity index is 803. The Morgan fingerprint density at radius 1 is 1.15 bits per heavy atom. The van der Waals surface area contributed by atoms with Gasteiger partial charge >= 0.3 is 0 Å². The van der Waals surface area contributed by atoms with Gasteiger partial charge in [-0.3, -0.25) is 9.59 Å². The molecular formula is C21H22N2O3. The average Bonchev–Trinajstić information content (AvgIpc) is 3.04. The molecule has 4 rings (SSSR count). The molecule has 1 fully saturated rings.